The maximum absolute atomic E-state index is 12.2. The number of hydrogen-bond acceptors (Lipinski definition) is 4. The zero-order valence-electron chi connectivity index (χ0n) is 12.2. The van der Waals surface area contributed by atoms with Crippen LogP contribution in [0.25, 0.3) is 5.65 Å². The quantitative estimate of drug-likeness (QED) is 0.832. The standard InChI is InChI=1S/C15H17N5O/c1-11(2)19-8-7-18(10-14(19)21)15-12(9-16)20-6-4-3-5-13(20)17-15/h3-6,11H,7-8,10H2,1-2H3. The zero-order valence-corrected chi connectivity index (χ0v) is 12.2. The highest BCUT2D eigenvalue weighted by atomic mass is 16.2. The van der Waals surface area contributed by atoms with E-state index in [-0.39, 0.29) is 18.5 Å². The van der Waals surface area contributed by atoms with Gasteiger partial charge in [-0.1, -0.05) is 6.07 Å². The Morgan fingerprint density at radius 3 is 2.81 bits per heavy atom. The summed E-state index contributed by atoms with van der Waals surface area (Å²) in [6, 6.07) is 8.01. The molecule has 6 heteroatoms. The van der Waals surface area contributed by atoms with Crippen LogP contribution >= 0.6 is 0 Å². The van der Waals surface area contributed by atoms with Crippen molar-refractivity contribution in [2.45, 2.75) is 19.9 Å². The lowest BCUT2D eigenvalue weighted by molar-refractivity contribution is -0.132. The molecule has 0 saturated carbocycles. The van der Waals surface area contributed by atoms with Crippen LogP contribution in [0, 0.1) is 11.3 Å². The molecule has 1 fully saturated rings. The van der Waals surface area contributed by atoms with Gasteiger partial charge in [-0.2, -0.15) is 5.26 Å². The van der Waals surface area contributed by atoms with Crippen molar-refractivity contribution in [2.75, 3.05) is 24.5 Å². The maximum atomic E-state index is 12.2. The van der Waals surface area contributed by atoms with Gasteiger partial charge in [-0.25, -0.2) is 4.98 Å². The van der Waals surface area contributed by atoms with Crippen LogP contribution in [0.2, 0.25) is 0 Å². The minimum absolute atomic E-state index is 0.0807. The number of piperazine rings is 1. The molecule has 0 radical (unpaired) electrons. The molecule has 0 aliphatic carbocycles. The molecule has 3 heterocycles. The number of anilines is 1. The third kappa shape index (κ3) is 2.21. The van der Waals surface area contributed by atoms with E-state index in [1.165, 1.54) is 0 Å². The SMILES string of the molecule is CC(C)N1CCN(c2nc3ccccn3c2C#N)CC1=O. The number of imidazole rings is 1. The highest BCUT2D eigenvalue weighted by Crippen LogP contribution is 2.23. The highest BCUT2D eigenvalue weighted by Gasteiger charge is 2.28. The normalized spacial score (nSPS) is 15.8. The monoisotopic (exact) mass is 283 g/mol. The molecule has 108 valence electrons. The van der Waals surface area contributed by atoms with E-state index in [0.717, 1.165) is 5.65 Å². The van der Waals surface area contributed by atoms with Gasteiger partial charge in [0.15, 0.2) is 11.5 Å². The Kier molecular flexibility index (Phi) is 3.26. The number of fused-ring (bicyclic) bond motifs is 1. The van der Waals surface area contributed by atoms with E-state index in [1.807, 2.05) is 48.0 Å². The van der Waals surface area contributed by atoms with Crippen molar-refractivity contribution >= 4 is 17.4 Å². The van der Waals surface area contributed by atoms with Gasteiger partial charge in [0.25, 0.3) is 0 Å². The van der Waals surface area contributed by atoms with Crippen molar-refractivity contribution in [1.29, 1.82) is 5.26 Å². The smallest absolute Gasteiger partial charge is 0.242 e. The van der Waals surface area contributed by atoms with Crippen LogP contribution in [0.1, 0.15) is 19.5 Å². The highest BCUT2D eigenvalue weighted by molar-refractivity contribution is 5.83. The molecule has 3 rings (SSSR count). The molecule has 0 aromatic carbocycles. The number of nitriles is 1. The zero-order chi connectivity index (χ0) is 15.0. The molecule has 0 bridgehead atoms. The second-order valence-electron chi connectivity index (χ2n) is 5.43. The Balaban J connectivity index is 1.95. The van der Waals surface area contributed by atoms with E-state index in [9.17, 15) is 10.1 Å². The van der Waals surface area contributed by atoms with E-state index in [2.05, 4.69) is 11.1 Å². The second-order valence-corrected chi connectivity index (χ2v) is 5.43. The van der Waals surface area contributed by atoms with Gasteiger partial charge in [0, 0.05) is 25.3 Å². The van der Waals surface area contributed by atoms with Gasteiger partial charge in [0.05, 0.1) is 6.54 Å². The molecule has 2 aromatic heterocycles. The molecule has 6 nitrogen and oxygen atoms in total. The first-order chi connectivity index (χ1) is 10.1. The van der Waals surface area contributed by atoms with Crippen molar-refractivity contribution in [1.82, 2.24) is 14.3 Å². The minimum atomic E-state index is 0.0807. The molecular formula is C15H17N5O. The Morgan fingerprint density at radius 1 is 1.33 bits per heavy atom. The number of pyridine rings is 1. The van der Waals surface area contributed by atoms with Crippen molar-refractivity contribution in [3.8, 4) is 6.07 Å². The van der Waals surface area contributed by atoms with Crippen molar-refractivity contribution < 1.29 is 4.79 Å². The van der Waals surface area contributed by atoms with Gasteiger partial charge in [0.2, 0.25) is 5.91 Å². The molecule has 2 aromatic rings. The summed E-state index contributed by atoms with van der Waals surface area (Å²) in [6.07, 6.45) is 1.82. The van der Waals surface area contributed by atoms with Crippen LogP contribution < -0.4 is 4.90 Å². The predicted octanol–water partition coefficient (Wildman–Crippen LogP) is 1.26. The fourth-order valence-corrected chi connectivity index (χ4v) is 2.72. The van der Waals surface area contributed by atoms with Gasteiger partial charge in [-0.3, -0.25) is 9.20 Å². The number of amides is 1. The van der Waals surface area contributed by atoms with E-state index >= 15 is 0 Å². The molecule has 1 amide bonds. The topological polar surface area (TPSA) is 64.6 Å². The van der Waals surface area contributed by atoms with Gasteiger partial charge >= 0.3 is 0 Å². The predicted molar refractivity (Wildman–Crippen MR) is 79.0 cm³/mol. The first kappa shape index (κ1) is 13.4. The molecule has 1 saturated heterocycles. The van der Waals surface area contributed by atoms with E-state index < -0.39 is 0 Å². The van der Waals surface area contributed by atoms with Crippen molar-refractivity contribution in [3.05, 3.63) is 30.1 Å². The lowest BCUT2D eigenvalue weighted by Crippen LogP contribution is -2.53. The van der Waals surface area contributed by atoms with E-state index in [1.54, 1.807) is 4.40 Å². The Labute approximate surface area is 123 Å². The summed E-state index contributed by atoms with van der Waals surface area (Å²) < 4.78 is 1.76. The van der Waals surface area contributed by atoms with Gasteiger partial charge in [-0.15, -0.1) is 0 Å². The summed E-state index contributed by atoms with van der Waals surface area (Å²) in [5, 5.41) is 9.41. The largest absolute Gasteiger partial charge is 0.343 e. The average Bonchev–Trinajstić information content (AvgIpc) is 2.85. The first-order valence-corrected chi connectivity index (χ1v) is 7.03. The number of rotatable bonds is 2. The third-order valence-electron chi connectivity index (χ3n) is 3.80. The summed E-state index contributed by atoms with van der Waals surface area (Å²) in [7, 11) is 0. The third-order valence-corrected chi connectivity index (χ3v) is 3.80. The van der Waals surface area contributed by atoms with Crippen molar-refractivity contribution in [2.24, 2.45) is 0 Å². The number of carbonyl (C=O) groups is 1. The Hall–Kier alpha value is -2.55. The van der Waals surface area contributed by atoms with Crippen molar-refractivity contribution in [3.63, 3.8) is 0 Å². The molecule has 1 aliphatic rings. The minimum Gasteiger partial charge on any atom is -0.343 e. The van der Waals surface area contributed by atoms with Gasteiger partial charge < -0.3 is 9.80 Å². The average molecular weight is 283 g/mol. The summed E-state index contributed by atoms with van der Waals surface area (Å²) in [6.45, 7) is 5.66. The first-order valence-electron chi connectivity index (χ1n) is 7.03. The lowest BCUT2D eigenvalue weighted by atomic mass is 10.2. The maximum Gasteiger partial charge on any atom is 0.242 e. The van der Waals surface area contributed by atoms with E-state index in [4.69, 9.17) is 0 Å². The molecule has 0 unspecified atom stereocenters. The van der Waals surface area contributed by atoms with E-state index in [0.29, 0.717) is 24.6 Å². The molecular weight excluding hydrogens is 266 g/mol. The number of nitrogens with zero attached hydrogens (tertiary/aromatic N) is 5. The van der Waals surface area contributed by atoms with Crippen LogP contribution in [-0.4, -0.2) is 45.9 Å². The molecule has 0 spiro atoms. The fraction of sp³-hybridized carbons (Fsp3) is 0.400. The number of aromatic nitrogens is 2. The Bertz CT molecular complexity index is 727. The molecule has 0 atom stereocenters. The van der Waals surface area contributed by atoms with Crippen LogP contribution in [0.5, 0.6) is 0 Å². The van der Waals surface area contributed by atoms with Crippen LogP contribution in [0.15, 0.2) is 24.4 Å². The number of hydrogen-bond donors (Lipinski definition) is 0. The van der Waals surface area contributed by atoms with Crippen LogP contribution in [0.4, 0.5) is 5.82 Å². The fourth-order valence-electron chi connectivity index (χ4n) is 2.72. The summed E-state index contributed by atoms with van der Waals surface area (Å²) in [5.74, 6) is 0.678. The summed E-state index contributed by atoms with van der Waals surface area (Å²) >= 11 is 0. The molecule has 1 aliphatic heterocycles. The molecule has 0 N–H and O–H groups in total. The van der Waals surface area contributed by atoms with Gasteiger partial charge in [0.1, 0.15) is 11.7 Å². The van der Waals surface area contributed by atoms with Crippen LogP contribution in [-0.2, 0) is 4.79 Å². The molecule has 21 heavy (non-hydrogen) atoms. The summed E-state index contributed by atoms with van der Waals surface area (Å²) in [5.41, 5.74) is 1.21. The van der Waals surface area contributed by atoms with Crippen LogP contribution in [0.3, 0.4) is 0 Å². The summed E-state index contributed by atoms with van der Waals surface area (Å²) in [4.78, 5) is 20.5. The Morgan fingerprint density at radius 2 is 2.14 bits per heavy atom. The van der Waals surface area contributed by atoms with Gasteiger partial charge in [-0.05, 0) is 26.0 Å². The lowest BCUT2D eigenvalue weighted by Gasteiger charge is -2.36. The second kappa shape index (κ2) is 5.09. The number of carbonyl (C=O) groups excluding carboxylic acids is 1.